The van der Waals surface area contributed by atoms with Crippen LogP contribution in [-0.4, -0.2) is 9.78 Å². The molecular weight excluding hydrogens is 260 g/mol. The molecule has 0 aliphatic heterocycles. The number of rotatable bonds is 2. The topological polar surface area (TPSA) is 29.9 Å². The van der Waals surface area contributed by atoms with Gasteiger partial charge in [-0.2, -0.15) is 5.10 Å². The highest BCUT2D eigenvalue weighted by atomic mass is 19.1. The van der Waals surface area contributed by atoms with Gasteiger partial charge in [0.05, 0.1) is 12.2 Å². The Labute approximate surface area is 116 Å². The number of benzene rings is 1. The molecule has 20 heavy (non-hydrogen) atoms. The van der Waals surface area contributed by atoms with Gasteiger partial charge < -0.3 is 5.32 Å². The van der Waals surface area contributed by atoms with E-state index in [-0.39, 0.29) is 11.7 Å². The number of fused-ring (bicyclic) bond motifs is 1. The van der Waals surface area contributed by atoms with Gasteiger partial charge in [-0.1, -0.05) is 6.07 Å². The highest BCUT2D eigenvalue weighted by molar-refractivity contribution is 5.51. The highest BCUT2D eigenvalue weighted by Gasteiger charge is 2.25. The summed E-state index contributed by atoms with van der Waals surface area (Å²) in [6.07, 6.45) is 4.59. The summed E-state index contributed by atoms with van der Waals surface area (Å²) in [4.78, 5) is 0. The van der Waals surface area contributed by atoms with Gasteiger partial charge in [-0.25, -0.2) is 8.78 Å². The predicted octanol–water partition coefficient (Wildman–Crippen LogP) is 3.50. The summed E-state index contributed by atoms with van der Waals surface area (Å²) in [5.74, 6) is -1.06. The molecule has 0 fully saturated rings. The van der Waals surface area contributed by atoms with Crippen LogP contribution in [0.4, 0.5) is 14.5 Å². The first-order valence-corrected chi connectivity index (χ1v) is 6.80. The summed E-state index contributed by atoms with van der Waals surface area (Å²) in [5, 5.41) is 7.27. The SMILES string of the molecule is Cc1ccc(F)c(NC2CCCc3c2cnn3C)c1F. The Morgan fingerprint density at radius 3 is 2.95 bits per heavy atom. The first-order chi connectivity index (χ1) is 9.58. The third-order valence-corrected chi connectivity index (χ3v) is 3.98. The fourth-order valence-corrected chi connectivity index (χ4v) is 2.82. The molecule has 0 saturated heterocycles. The van der Waals surface area contributed by atoms with Crippen molar-refractivity contribution in [3.8, 4) is 0 Å². The van der Waals surface area contributed by atoms with Crippen molar-refractivity contribution in [1.29, 1.82) is 0 Å². The average molecular weight is 277 g/mol. The lowest BCUT2D eigenvalue weighted by Crippen LogP contribution is -2.19. The zero-order valence-corrected chi connectivity index (χ0v) is 11.6. The maximum Gasteiger partial charge on any atom is 0.152 e. The molecule has 1 aromatic carbocycles. The summed E-state index contributed by atoms with van der Waals surface area (Å²) in [5.41, 5.74) is 2.59. The van der Waals surface area contributed by atoms with E-state index in [0.717, 1.165) is 30.5 Å². The molecule has 1 heterocycles. The monoisotopic (exact) mass is 277 g/mol. The van der Waals surface area contributed by atoms with E-state index < -0.39 is 11.6 Å². The lowest BCUT2D eigenvalue weighted by atomic mass is 9.92. The molecule has 0 bridgehead atoms. The summed E-state index contributed by atoms with van der Waals surface area (Å²) in [6, 6.07) is 2.66. The fourth-order valence-electron chi connectivity index (χ4n) is 2.82. The van der Waals surface area contributed by atoms with Crippen LogP contribution in [0.5, 0.6) is 0 Å². The first kappa shape index (κ1) is 13.1. The summed E-state index contributed by atoms with van der Waals surface area (Å²) >= 11 is 0. The van der Waals surface area contributed by atoms with E-state index in [1.165, 1.54) is 12.1 Å². The van der Waals surface area contributed by atoms with Crippen molar-refractivity contribution in [2.45, 2.75) is 32.2 Å². The Hall–Kier alpha value is -1.91. The highest BCUT2D eigenvalue weighted by Crippen LogP contribution is 2.34. The number of hydrogen-bond acceptors (Lipinski definition) is 2. The van der Waals surface area contributed by atoms with Crippen LogP contribution in [-0.2, 0) is 13.5 Å². The normalized spacial score (nSPS) is 17.9. The van der Waals surface area contributed by atoms with Crippen LogP contribution in [0, 0.1) is 18.6 Å². The molecule has 5 heteroatoms. The van der Waals surface area contributed by atoms with Gasteiger partial charge in [0.25, 0.3) is 0 Å². The van der Waals surface area contributed by atoms with Crippen molar-refractivity contribution in [1.82, 2.24) is 9.78 Å². The number of nitrogens with one attached hydrogen (secondary N) is 1. The Balaban J connectivity index is 1.95. The molecule has 2 aromatic rings. The summed E-state index contributed by atoms with van der Waals surface area (Å²) < 4.78 is 29.8. The summed E-state index contributed by atoms with van der Waals surface area (Å²) in [6.45, 7) is 1.64. The Bertz CT molecular complexity index is 649. The third-order valence-electron chi connectivity index (χ3n) is 3.98. The number of nitrogens with zero attached hydrogens (tertiary/aromatic N) is 2. The minimum atomic E-state index is -0.552. The molecule has 0 saturated carbocycles. The van der Waals surface area contributed by atoms with Gasteiger partial charge in [-0.3, -0.25) is 4.68 Å². The van der Waals surface area contributed by atoms with Crippen molar-refractivity contribution in [3.63, 3.8) is 0 Å². The van der Waals surface area contributed by atoms with Crippen LogP contribution in [0.2, 0.25) is 0 Å². The fraction of sp³-hybridized carbons (Fsp3) is 0.400. The zero-order chi connectivity index (χ0) is 14.3. The lowest BCUT2D eigenvalue weighted by molar-refractivity contribution is 0.548. The predicted molar refractivity (Wildman–Crippen MR) is 73.6 cm³/mol. The van der Waals surface area contributed by atoms with Crippen LogP contribution >= 0.6 is 0 Å². The van der Waals surface area contributed by atoms with Gasteiger partial charge in [-0.15, -0.1) is 0 Å². The lowest BCUT2D eigenvalue weighted by Gasteiger charge is -2.25. The Morgan fingerprint density at radius 1 is 1.35 bits per heavy atom. The van der Waals surface area contributed by atoms with Gasteiger partial charge in [-0.05, 0) is 37.8 Å². The van der Waals surface area contributed by atoms with Crippen LogP contribution < -0.4 is 5.32 Å². The Kier molecular flexibility index (Phi) is 3.20. The molecule has 0 amide bonds. The maximum absolute atomic E-state index is 14.1. The van der Waals surface area contributed by atoms with Crippen molar-refractivity contribution >= 4 is 5.69 Å². The van der Waals surface area contributed by atoms with Crippen molar-refractivity contribution in [2.75, 3.05) is 5.32 Å². The second-order valence-corrected chi connectivity index (χ2v) is 5.31. The molecule has 1 atom stereocenters. The molecule has 1 aliphatic rings. The first-order valence-electron chi connectivity index (χ1n) is 6.80. The van der Waals surface area contributed by atoms with E-state index in [1.54, 1.807) is 13.1 Å². The van der Waals surface area contributed by atoms with Crippen molar-refractivity contribution in [3.05, 3.63) is 46.8 Å². The van der Waals surface area contributed by atoms with Gasteiger partial charge in [0.1, 0.15) is 11.5 Å². The van der Waals surface area contributed by atoms with Gasteiger partial charge >= 0.3 is 0 Å². The number of aromatic nitrogens is 2. The van der Waals surface area contributed by atoms with E-state index in [1.807, 2.05) is 11.7 Å². The minimum absolute atomic E-state index is 0.0355. The van der Waals surface area contributed by atoms with E-state index in [2.05, 4.69) is 10.4 Å². The molecule has 106 valence electrons. The van der Waals surface area contributed by atoms with E-state index >= 15 is 0 Å². The number of anilines is 1. The van der Waals surface area contributed by atoms with Crippen LogP contribution in [0.3, 0.4) is 0 Å². The Morgan fingerprint density at radius 2 is 2.15 bits per heavy atom. The molecule has 1 aliphatic carbocycles. The minimum Gasteiger partial charge on any atom is -0.373 e. The second-order valence-electron chi connectivity index (χ2n) is 5.31. The number of halogens is 2. The third kappa shape index (κ3) is 2.07. The quantitative estimate of drug-likeness (QED) is 0.910. The second kappa shape index (κ2) is 4.89. The molecule has 0 radical (unpaired) electrons. The number of aryl methyl sites for hydroxylation is 2. The smallest absolute Gasteiger partial charge is 0.152 e. The van der Waals surface area contributed by atoms with Crippen LogP contribution in [0.15, 0.2) is 18.3 Å². The van der Waals surface area contributed by atoms with Crippen molar-refractivity contribution in [2.24, 2.45) is 7.05 Å². The molecular formula is C15H17F2N3. The van der Waals surface area contributed by atoms with Gasteiger partial charge in [0.15, 0.2) is 5.82 Å². The standard InChI is InChI=1S/C15H17F2N3/c1-9-6-7-11(16)15(14(9)17)19-12-4-3-5-13-10(12)8-18-20(13)2/h6-8,12,19H,3-5H2,1-2H3. The molecule has 3 rings (SSSR count). The molecule has 0 spiro atoms. The van der Waals surface area contributed by atoms with Crippen molar-refractivity contribution < 1.29 is 8.78 Å². The van der Waals surface area contributed by atoms with Crippen LogP contribution in [0.25, 0.3) is 0 Å². The molecule has 1 unspecified atom stereocenters. The van der Waals surface area contributed by atoms with Gasteiger partial charge in [0.2, 0.25) is 0 Å². The largest absolute Gasteiger partial charge is 0.373 e. The maximum atomic E-state index is 14.1. The number of hydrogen-bond donors (Lipinski definition) is 1. The average Bonchev–Trinajstić information content (AvgIpc) is 2.82. The molecule has 1 aromatic heterocycles. The van der Waals surface area contributed by atoms with Gasteiger partial charge in [0, 0.05) is 18.3 Å². The molecule has 3 nitrogen and oxygen atoms in total. The summed E-state index contributed by atoms with van der Waals surface area (Å²) in [7, 11) is 1.90. The van der Waals surface area contributed by atoms with Crippen LogP contribution in [0.1, 0.15) is 35.7 Å². The zero-order valence-electron chi connectivity index (χ0n) is 11.6. The van der Waals surface area contributed by atoms with E-state index in [4.69, 9.17) is 0 Å². The van der Waals surface area contributed by atoms with E-state index in [9.17, 15) is 8.78 Å². The molecule has 1 N–H and O–H groups in total. The van der Waals surface area contributed by atoms with E-state index in [0.29, 0.717) is 5.56 Å².